The molecule has 0 amide bonds. The van der Waals surface area contributed by atoms with Crippen molar-refractivity contribution in [1.29, 1.82) is 5.41 Å². The first-order valence-corrected chi connectivity index (χ1v) is 10.4. The molecule has 0 bridgehead atoms. The van der Waals surface area contributed by atoms with Crippen LogP contribution in [-0.4, -0.2) is 15.7 Å². The fourth-order valence-corrected chi connectivity index (χ4v) is 4.59. The second kappa shape index (κ2) is 7.82. The summed E-state index contributed by atoms with van der Waals surface area (Å²) in [4.78, 5) is 20.0. The highest BCUT2D eigenvalue weighted by Gasteiger charge is 2.24. The molecule has 1 fully saturated rings. The molecule has 1 unspecified atom stereocenters. The maximum absolute atomic E-state index is 12.8. The van der Waals surface area contributed by atoms with E-state index in [4.69, 9.17) is 11.1 Å². The van der Waals surface area contributed by atoms with Crippen molar-refractivity contribution in [1.82, 2.24) is 9.97 Å². The highest BCUT2D eigenvalue weighted by atomic mass is 16.1. The van der Waals surface area contributed by atoms with Crippen LogP contribution in [0.4, 0.5) is 5.69 Å². The largest absolute Gasteiger partial charge is 0.398 e. The number of aryl methyl sites for hydroxylation is 1. The second-order valence-corrected chi connectivity index (χ2v) is 8.33. The summed E-state index contributed by atoms with van der Waals surface area (Å²) in [7, 11) is 0. The van der Waals surface area contributed by atoms with E-state index in [0.717, 1.165) is 27.7 Å². The molecule has 1 aromatic carbocycles. The standard InChI is InChI=1S/C24H28N4O/c1-14-10-17(8-9-27-14)23(26)20-12-18-11-19(15(2)16-6-4-3-5-7-16)24(29)28-22(18)13-21(20)25/h8-13,15-16,26H,3-7,25H2,1-2H3,(H,28,29). The number of nitrogens with two attached hydrogens (primary N) is 1. The first-order valence-electron chi connectivity index (χ1n) is 10.4. The number of aromatic amines is 1. The molecule has 2 heterocycles. The number of nitrogens with one attached hydrogen (secondary N) is 2. The number of anilines is 1. The highest BCUT2D eigenvalue weighted by Crippen LogP contribution is 2.35. The molecule has 5 heteroatoms. The van der Waals surface area contributed by atoms with Gasteiger partial charge in [0, 0.05) is 34.3 Å². The Bertz CT molecular complexity index is 1130. The third-order valence-corrected chi connectivity index (χ3v) is 6.35. The van der Waals surface area contributed by atoms with Crippen LogP contribution in [0.2, 0.25) is 0 Å². The van der Waals surface area contributed by atoms with Crippen LogP contribution in [0.25, 0.3) is 10.9 Å². The number of rotatable bonds is 4. The van der Waals surface area contributed by atoms with Gasteiger partial charge in [-0.1, -0.05) is 26.2 Å². The minimum absolute atomic E-state index is 0.0254. The van der Waals surface area contributed by atoms with Crippen molar-refractivity contribution in [2.45, 2.75) is 51.9 Å². The van der Waals surface area contributed by atoms with Gasteiger partial charge >= 0.3 is 0 Å². The SMILES string of the molecule is Cc1cc(C(=N)c2cc3cc(C(C)C4CCCCC4)c(=O)[nH]c3cc2N)ccn1. The van der Waals surface area contributed by atoms with E-state index in [2.05, 4.69) is 16.9 Å². The molecule has 1 atom stereocenters. The van der Waals surface area contributed by atoms with Gasteiger partial charge < -0.3 is 10.7 Å². The van der Waals surface area contributed by atoms with Crippen LogP contribution in [0.5, 0.6) is 0 Å². The molecule has 3 aromatic rings. The van der Waals surface area contributed by atoms with Crippen molar-refractivity contribution in [3.8, 4) is 0 Å². The number of H-pyrrole nitrogens is 1. The molecule has 5 nitrogen and oxygen atoms in total. The lowest BCUT2D eigenvalue weighted by Gasteiger charge is -2.27. The Balaban J connectivity index is 1.76. The first kappa shape index (κ1) is 19.4. The molecule has 0 radical (unpaired) electrons. The maximum Gasteiger partial charge on any atom is 0.251 e. The van der Waals surface area contributed by atoms with E-state index in [9.17, 15) is 4.79 Å². The number of nitrogen functional groups attached to an aromatic ring is 1. The average Bonchev–Trinajstić information content (AvgIpc) is 2.72. The van der Waals surface area contributed by atoms with Crippen LogP contribution >= 0.6 is 0 Å². The summed E-state index contributed by atoms with van der Waals surface area (Å²) in [5, 5.41) is 9.56. The predicted octanol–water partition coefficient (Wildman–Crippen LogP) is 4.91. The van der Waals surface area contributed by atoms with Crippen molar-refractivity contribution < 1.29 is 0 Å². The predicted molar refractivity (Wildman–Crippen MR) is 119 cm³/mol. The average molecular weight is 389 g/mol. The maximum atomic E-state index is 12.8. The molecule has 0 saturated heterocycles. The Labute approximate surface area is 170 Å². The van der Waals surface area contributed by atoms with Gasteiger partial charge in [0.1, 0.15) is 0 Å². The summed E-state index contributed by atoms with van der Waals surface area (Å²) in [6, 6.07) is 9.40. The number of benzene rings is 1. The van der Waals surface area contributed by atoms with Crippen molar-refractivity contribution in [2.75, 3.05) is 5.73 Å². The molecule has 4 N–H and O–H groups in total. The van der Waals surface area contributed by atoms with Crippen LogP contribution in [0.1, 0.15) is 67.3 Å². The molecule has 4 rings (SSSR count). The fourth-order valence-electron chi connectivity index (χ4n) is 4.59. The molecule has 29 heavy (non-hydrogen) atoms. The Morgan fingerprint density at radius 3 is 2.69 bits per heavy atom. The molecular formula is C24H28N4O. The zero-order valence-corrected chi connectivity index (χ0v) is 17.1. The summed E-state index contributed by atoms with van der Waals surface area (Å²) >= 11 is 0. The van der Waals surface area contributed by atoms with Crippen LogP contribution in [-0.2, 0) is 0 Å². The first-order chi connectivity index (χ1) is 13.9. The summed E-state index contributed by atoms with van der Waals surface area (Å²) in [6.45, 7) is 4.08. The van der Waals surface area contributed by atoms with Crippen LogP contribution < -0.4 is 11.3 Å². The van der Waals surface area contributed by atoms with E-state index >= 15 is 0 Å². The van der Waals surface area contributed by atoms with E-state index in [1.54, 1.807) is 12.3 Å². The summed E-state index contributed by atoms with van der Waals surface area (Å²) < 4.78 is 0. The Morgan fingerprint density at radius 1 is 1.21 bits per heavy atom. The Kier molecular flexibility index (Phi) is 5.22. The minimum atomic E-state index is -0.0254. The number of fused-ring (bicyclic) bond motifs is 1. The van der Waals surface area contributed by atoms with Gasteiger partial charge in [0.2, 0.25) is 0 Å². The monoisotopic (exact) mass is 388 g/mol. The van der Waals surface area contributed by atoms with Gasteiger partial charge in [-0.2, -0.15) is 0 Å². The summed E-state index contributed by atoms with van der Waals surface area (Å²) in [5.74, 6) is 0.792. The van der Waals surface area contributed by atoms with Crippen molar-refractivity contribution in [2.24, 2.45) is 5.92 Å². The number of hydrogen-bond acceptors (Lipinski definition) is 4. The lowest BCUT2D eigenvalue weighted by molar-refractivity contribution is 0.315. The highest BCUT2D eigenvalue weighted by molar-refractivity contribution is 6.15. The summed E-state index contributed by atoms with van der Waals surface area (Å²) in [6.07, 6.45) is 7.90. The Hall–Kier alpha value is -2.95. The van der Waals surface area contributed by atoms with Crippen LogP contribution in [0.15, 0.2) is 41.3 Å². The second-order valence-electron chi connectivity index (χ2n) is 8.33. The molecule has 150 valence electrons. The topological polar surface area (TPSA) is 95.6 Å². The molecule has 0 aliphatic heterocycles. The van der Waals surface area contributed by atoms with E-state index in [1.165, 1.54) is 32.1 Å². The number of pyridine rings is 2. The fraction of sp³-hybridized carbons (Fsp3) is 0.375. The third-order valence-electron chi connectivity index (χ3n) is 6.35. The van der Waals surface area contributed by atoms with E-state index < -0.39 is 0 Å². The molecule has 1 saturated carbocycles. The smallest absolute Gasteiger partial charge is 0.251 e. The van der Waals surface area contributed by atoms with Gasteiger partial charge in [0.05, 0.1) is 11.2 Å². The van der Waals surface area contributed by atoms with Gasteiger partial charge in [0.15, 0.2) is 0 Å². The number of nitrogens with zero attached hydrogens (tertiary/aromatic N) is 1. The molecule has 1 aliphatic carbocycles. The minimum Gasteiger partial charge on any atom is -0.398 e. The van der Waals surface area contributed by atoms with Crippen LogP contribution in [0, 0.1) is 18.3 Å². The molecule has 1 aliphatic rings. The lowest BCUT2D eigenvalue weighted by Crippen LogP contribution is -2.22. The summed E-state index contributed by atoms with van der Waals surface area (Å²) in [5.41, 5.74) is 10.9. The van der Waals surface area contributed by atoms with E-state index in [0.29, 0.717) is 22.9 Å². The van der Waals surface area contributed by atoms with Crippen molar-refractivity contribution >= 4 is 22.3 Å². The third kappa shape index (κ3) is 3.82. The number of aromatic nitrogens is 2. The van der Waals surface area contributed by atoms with Crippen LogP contribution in [0.3, 0.4) is 0 Å². The van der Waals surface area contributed by atoms with Crippen molar-refractivity contribution in [3.05, 3.63) is 69.3 Å². The lowest BCUT2D eigenvalue weighted by atomic mass is 9.78. The zero-order chi connectivity index (χ0) is 20.5. The Morgan fingerprint density at radius 2 is 1.97 bits per heavy atom. The number of hydrogen-bond donors (Lipinski definition) is 3. The molecule has 0 spiro atoms. The van der Waals surface area contributed by atoms with Crippen molar-refractivity contribution in [3.63, 3.8) is 0 Å². The van der Waals surface area contributed by atoms with E-state index in [-0.39, 0.29) is 11.5 Å². The zero-order valence-electron chi connectivity index (χ0n) is 17.1. The molecule has 2 aromatic heterocycles. The van der Waals surface area contributed by atoms with Gasteiger partial charge in [-0.25, -0.2) is 0 Å². The van der Waals surface area contributed by atoms with Gasteiger partial charge in [-0.3, -0.25) is 15.2 Å². The van der Waals surface area contributed by atoms with E-state index in [1.807, 2.05) is 31.2 Å². The van der Waals surface area contributed by atoms with Gasteiger partial charge in [-0.05, 0) is 67.3 Å². The van der Waals surface area contributed by atoms with Gasteiger partial charge in [-0.15, -0.1) is 0 Å². The van der Waals surface area contributed by atoms with Gasteiger partial charge in [0.25, 0.3) is 5.56 Å². The molecular weight excluding hydrogens is 360 g/mol. The normalized spacial score (nSPS) is 16.1. The quantitative estimate of drug-likeness (QED) is 0.437.